The summed E-state index contributed by atoms with van der Waals surface area (Å²) in [5, 5.41) is 3.85. The van der Waals surface area contributed by atoms with Crippen LogP contribution in [0.4, 0.5) is 5.69 Å². The van der Waals surface area contributed by atoms with E-state index in [9.17, 15) is 4.79 Å². The zero-order valence-electron chi connectivity index (χ0n) is 18.4. The Morgan fingerprint density at radius 3 is 2.57 bits per heavy atom. The topological polar surface area (TPSA) is 77.5 Å². The van der Waals surface area contributed by atoms with Crippen LogP contribution >= 0.6 is 23.2 Å². The van der Waals surface area contributed by atoms with E-state index >= 15 is 0 Å². The summed E-state index contributed by atoms with van der Waals surface area (Å²) in [6, 6.07) is 21.4. The number of carbonyl (C=O) groups is 1. The minimum Gasteiger partial charge on any atom is -0.497 e. The summed E-state index contributed by atoms with van der Waals surface area (Å²) in [6.07, 6.45) is 2.97. The first-order valence-corrected chi connectivity index (χ1v) is 11.3. The monoisotopic (exact) mass is 504 g/mol. The molecule has 2 aromatic heterocycles. The number of nitrogens with zero attached hydrogens (tertiary/aromatic N) is 1. The molecule has 1 N–H and O–H groups in total. The molecule has 174 valence electrons. The number of rotatable bonds is 6. The maximum absolute atomic E-state index is 12.4. The van der Waals surface area contributed by atoms with Crippen LogP contribution in [0.1, 0.15) is 5.76 Å². The van der Waals surface area contributed by atoms with Gasteiger partial charge in [-0.2, -0.15) is 0 Å². The number of aromatic nitrogens is 1. The molecule has 0 saturated carbocycles. The van der Waals surface area contributed by atoms with Gasteiger partial charge in [0.2, 0.25) is 11.8 Å². The van der Waals surface area contributed by atoms with E-state index in [4.69, 9.17) is 36.8 Å². The van der Waals surface area contributed by atoms with E-state index < -0.39 is 0 Å². The van der Waals surface area contributed by atoms with Gasteiger partial charge in [-0.05, 0) is 78.9 Å². The SMILES string of the molecule is COc1ccc(-c2nc3cc(NC(=O)/C=C/c4ccc(-c5ccc(Cl)cc5Cl)o4)ccc3o2)cc1. The third-order valence-corrected chi connectivity index (χ3v) is 5.76. The van der Waals surface area contributed by atoms with E-state index in [2.05, 4.69) is 10.3 Å². The Morgan fingerprint density at radius 2 is 1.80 bits per heavy atom. The molecule has 0 unspecified atom stereocenters. The lowest BCUT2D eigenvalue weighted by Gasteiger charge is -2.01. The van der Waals surface area contributed by atoms with Gasteiger partial charge in [-0.15, -0.1) is 0 Å². The molecule has 0 spiro atoms. The first kappa shape index (κ1) is 22.8. The van der Waals surface area contributed by atoms with Crippen molar-refractivity contribution in [3.05, 3.63) is 94.7 Å². The van der Waals surface area contributed by atoms with Gasteiger partial charge in [0.1, 0.15) is 22.8 Å². The fourth-order valence-corrected chi connectivity index (χ4v) is 3.98. The zero-order chi connectivity index (χ0) is 24.4. The number of nitrogens with one attached hydrogen (secondary N) is 1. The van der Waals surface area contributed by atoms with E-state index in [0.29, 0.717) is 44.2 Å². The highest BCUT2D eigenvalue weighted by atomic mass is 35.5. The number of furan rings is 1. The third-order valence-electron chi connectivity index (χ3n) is 5.21. The maximum Gasteiger partial charge on any atom is 0.248 e. The number of methoxy groups -OCH3 is 1. The van der Waals surface area contributed by atoms with Crippen molar-refractivity contribution >= 4 is 52.0 Å². The molecule has 6 nitrogen and oxygen atoms in total. The van der Waals surface area contributed by atoms with Crippen LogP contribution in [0.15, 0.2) is 87.7 Å². The molecule has 1 amide bonds. The average Bonchev–Trinajstić information content (AvgIpc) is 3.50. The van der Waals surface area contributed by atoms with Crippen molar-refractivity contribution in [2.24, 2.45) is 0 Å². The first-order valence-electron chi connectivity index (χ1n) is 10.6. The van der Waals surface area contributed by atoms with Crippen LogP contribution in [-0.2, 0) is 4.79 Å². The van der Waals surface area contributed by atoms with Crippen molar-refractivity contribution in [1.82, 2.24) is 4.98 Å². The van der Waals surface area contributed by atoms with E-state index in [1.165, 1.54) is 6.08 Å². The van der Waals surface area contributed by atoms with Gasteiger partial charge in [-0.1, -0.05) is 23.2 Å². The summed E-state index contributed by atoms with van der Waals surface area (Å²) in [6.45, 7) is 0. The van der Waals surface area contributed by atoms with Crippen LogP contribution in [0.2, 0.25) is 10.0 Å². The highest BCUT2D eigenvalue weighted by Gasteiger charge is 2.11. The fraction of sp³-hybridized carbons (Fsp3) is 0.0370. The number of halogens is 2. The van der Waals surface area contributed by atoms with Gasteiger partial charge < -0.3 is 18.9 Å². The molecule has 5 aromatic rings. The van der Waals surface area contributed by atoms with Gasteiger partial charge in [0.25, 0.3) is 0 Å². The number of hydrogen-bond acceptors (Lipinski definition) is 5. The highest BCUT2D eigenvalue weighted by molar-refractivity contribution is 6.36. The number of hydrogen-bond donors (Lipinski definition) is 1. The Hall–Kier alpha value is -4.00. The molecule has 35 heavy (non-hydrogen) atoms. The summed E-state index contributed by atoms with van der Waals surface area (Å²) < 4.78 is 16.8. The van der Waals surface area contributed by atoms with Crippen LogP contribution in [0.25, 0.3) is 40.0 Å². The number of ether oxygens (including phenoxy) is 1. The van der Waals surface area contributed by atoms with Crippen molar-refractivity contribution in [1.29, 1.82) is 0 Å². The van der Waals surface area contributed by atoms with Gasteiger partial charge in [0, 0.05) is 27.9 Å². The second kappa shape index (κ2) is 9.70. The standard InChI is InChI=1S/C27H18Cl2N2O4/c1-33-19-6-2-16(3-7-19)27-31-23-15-18(5-11-25(23)35-27)30-26(32)13-9-20-8-12-24(34-20)21-10-4-17(28)14-22(21)29/h2-15H,1H3,(H,30,32)/b13-9+. The highest BCUT2D eigenvalue weighted by Crippen LogP contribution is 2.32. The lowest BCUT2D eigenvalue weighted by Crippen LogP contribution is -2.07. The van der Waals surface area contributed by atoms with Crippen LogP contribution in [0.5, 0.6) is 5.75 Å². The number of carbonyl (C=O) groups excluding carboxylic acids is 1. The van der Waals surface area contributed by atoms with Gasteiger partial charge in [0.05, 0.1) is 12.1 Å². The van der Waals surface area contributed by atoms with Crippen LogP contribution < -0.4 is 10.1 Å². The smallest absolute Gasteiger partial charge is 0.248 e. The lowest BCUT2D eigenvalue weighted by atomic mass is 10.2. The molecule has 0 radical (unpaired) electrons. The summed E-state index contributed by atoms with van der Waals surface area (Å²) in [5.41, 5.74) is 3.39. The molecule has 0 bridgehead atoms. The molecule has 0 aliphatic heterocycles. The number of amides is 1. The molecule has 2 heterocycles. The minimum absolute atomic E-state index is 0.314. The molecule has 5 rings (SSSR count). The molecular formula is C27H18Cl2N2O4. The van der Waals surface area contributed by atoms with E-state index in [1.807, 2.05) is 24.3 Å². The molecule has 3 aromatic carbocycles. The normalized spacial score (nSPS) is 11.3. The number of benzene rings is 3. The van der Waals surface area contributed by atoms with E-state index in [-0.39, 0.29) is 5.91 Å². The molecular weight excluding hydrogens is 487 g/mol. The molecule has 8 heteroatoms. The Balaban J connectivity index is 1.27. The zero-order valence-corrected chi connectivity index (χ0v) is 19.9. The predicted octanol–water partition coefficient (Wildman–Crippen LogP) is 7.72. The van der Waals surface area contributed by atoms with Crippen molar-refractivity contribution < 1.29 is 18.4 Å². The van der Waals surface area contributed by atoms with Crippen molar-refractivity contribution in [3.63, 3.8) is 0 Å². The molecule has 0 fully saturated rings. The third kappa shape index (κ3) is 5.09. The molecule has 0 aliphatic rings. The Kier molecular flexibility index (Phi) is 6.31. The average molecular weight is 505 g/mol. The lowest BCUT2D eigenvalue weighted by molar-refractivity contribution is -0.111. The Bertz CT molecular complexity index is 1550. The summed E-state index contributed by atoms with van der Waals surface area (Å²) >= 11 is 12.2. The second-order valence-corrected chi connectivity index (χ2v) is 8.42. The van der Waals surface area contributed by atoms with Crippen molar-refractivity contribution in [2.75, 3.05) is 12.4 Å². The second-order valence-electron chi connectivity index (χ2n) is 7.58. The number of oxazole rings is 1. The van der Waals surface area contributed by atoms with Crippen molar-refractivity contribution in [3.8, 4) is 28.5 Å². The van der Waals surface area contributed by atoms with E-state index in [0.717, 1.165) is 16.9 Å². The van der Waals surface area contributed by atoms with Crippen molar-refractivity contribution in [2.45, 2.75) is 0 Å². The molecule has 0 saturated heterocycles. The van der Waals surface area contributed by atoms with E-state index in [1.54, 1.807) is 61.7 Å². The van der Waals surface area contributed by atoms with Crippen LogP contribution in [0, 0.1) is 0 Å². The molecule has 0 atom stereocenters. The largest absolute Gasteiger partial charge is 0.497 e. The maximum atomic E-state index is 12.4. The summed E-state index contributed by atoms with van der Waals surface area (Å²) in [5.74, 6) is 2.02. The van der Waals surface area contributed by atoms with Gasteiger partial charge in [-0.3, -0.25) is 4.79 Å². The van der Waals surface area contributed by atoms with Crippen LogP contribution in [-0.4, -0.2) is 18.0 Å². The Morgan fingerprint density at radius 1 is 0.971 bits per heavy atom. The minimum atomic E-state index is -0.314. The fourth-order valence-electron chi connectivity index (χ4n) is 3.48. The van der Waals surface area contributed by atoms with Gasteiger partial charge >= 0.3 is 0 Å². The predicted molar refractivity (Wildman–Crippen MR) is 138 cm³/mol. The number of anilines is 1. The quantitative estimate of drug-likeness (QED) is 0.239. The summed E-state index contributed by atoms with van der Waals surface area (Å²) in [7, 11) is 1.61. The van der Waals surface area contributed by atoms with Gasteiger partial charge in [0.15, 0.2) is 5.58 Å². The first-order chi connectivity index (χ1) is 17.0. The van der Waals surface area contributed by atoms with Gasteiger partial charge in [-0.25, -0.2) is 4.98 Å². The Labute approximate surface area is 210 Å². The number of fused-ring (bicyclic) bond motifs is 1. The summed E-state index contributed by atoms with van der Waals surface area (Å²) in [4.78, 5) is 17.0. The molecule has 0 aliphatic carbocycles. The van der Waals surface area contributed by atoms with Crippen LogP contribution in [0.3, 0.4) is 0 Å².